The van der Waals surface area contributed by atoms with Gasteiger partial charge in [-0.05, 0) is 44.8 Å². The first kappa shape index (κ1) is 14.4. The molecule has 1 aromatic rings. The molecule has 2 nitrogen and oxygen atoms in total. The van der Waals surface area contributed by atoms with Crippen LogP contribution in [0.15, 0.2) is 24.3 Å². The first-order valence-corrected chi connectivity index (χ1v) is 7.47. The number of rotatable bonds is 7. The summed E-state index contributed by atoms with van der Waals surface area (Å²) in [6, 6.07) is 7.75. The molecule has 0 spiro atoms. The topological polar surface area (TPSA) is 29.5 Å². The molecule has 0 saturated carbocycles. The highest BCUT2D eigenvalue weighted by Crippen LogP contribution is 2.28. The zero-order valence-corrected chi connectivity index (χ0v) is 11.7. The van der Waals surface area contributed by atoms with Gasteiger partial charge in [0.15, 0.2) is 0 Å². The second-order valence-corrected chi connectivity index (χ2v) is 5.34. The van der Waals surface area contributed by atoms with Crippen molar-refractivity contribution in [1.82, 2.24) is 0 Å². The molecule has 0 heterocycles. The van der Waals surface area contributed by atoms with Crippen LogP contribution in [0, 0.1) is 0 Å². The van der Waals surface area contributed by atoms with Crippen molar-refractivity contribution in [3.63, 3.8) is 0 Å². The van der Waals surface area contributed by atoms with Gasteiger partial charge in [-0.25, -0.2) is 0 Å². The molecule has 0 bridgehead atoms. The van der Waals surface area contributed by atoms with E-state index in [0.29, 0.717) is 0 Å². The van der Waals surface area contributed by atoms with Crippen LogP contribution in [-0.2, 0) is 0 Å². The predicted molar refractivity (Wildman–Crippen MR) is 74.8 cm³/mol. The Bertz CT molecular complexity index is 326. The fourth-order valence-electron chi connectivity index (χ4n) is 1.69. The quantitative estimate of drug-likeness (QED) is 0.753. The van der Waals surface area contributed by atoms with Gasteiger partial charge < -0.3 is 9.84 Å². The lowest BCUT2D eigenvalue weighted by Crippen LogP contribution is -2.09. The summed E-state index contributed by atoms with van der Waals surface area (Å²) in [4.78, 5) is 0. The molecule has 17 heavy (non-hydrogen) atoms. The smallest absolute Gasteiger partial charge is 0.125 e. The van der Waals surface area contributed by atoms with Crippen molar-refractivity contribution in [2.75, 3.05) is 12.0 Å². The van der Waals surface area contributed by atoms with E-state index in [2.05, 4.69) is 6.26 Å². The van der Waals surface area contributed by atoms with E-state index in [0.717, 1.165) is 29.9 Å². The SMILES string of the molecule is CSCCCC(O)c1ccccc1OC(C)C. The average Bonchev–Trinajstić information content (AvgIpc) is 2.29. The Morgan fingerprint density at radius 1 is 1.29 bits per heavy atom. The Morgan fingerprint density at radius 3 is 2.65 bits per heavy atom. The first-order chi connectivity index (χ1) is 8.15. The van der Waals surface area contributed by atoms with Gasteiger partial charge in [0.05, 0.1) is 12.2 Å². The van der Waals surface area contributed by atoms with Gasteiger partial charge in [-0.3, -0.25) is 0 Å². The first-order valence-electron chi connectivity index (χ1n) is 6.07. The summed E-state index contributed by atoms with van der Waals surface area (Å²) in [5.41, 5.74) is 0.905. The van der Waals surface area contributed by atoms with Crippen LogP contribution in [0.4, 0.5) is 0 Å². The average molecular weight is 254 g/mol. The van der Waals surface area contributed by atoms with Crippen LogP contribution in [0.25, 0.3) is 0 Å². The molecule has 1 unspecified atom stereocenters. The molecule has 0 aliphatic heterocycles. The van der Waals surface area contributed by atoms with Gasteiger partial charge in [0.2, 0.25) is 0 Å². The van der Waals surface area contributed by atoms with Crippen LogP contribution < -0.4 is 4.74 Å². The van der Waals surface area contributed by atoms with Crippen LogP contribution in [-0.4, -0.2) is 23.2 Å². The molecular weight excluding hydrogens is 232 g/mol. The molecule has 0 saturated heterocycles. The minimum atomic E-state index is -0.419. The van der Waals surface area contributed by atoms with Gasteiger partial charge in [-0.1, -0.05) is 18.2 Å². The molecule has 0 amide bonds. The number of hydrogen-bond acceptors (Lipinski definition) is 3. The lowest BCUT2D eigenvalue weighted by molar-refractivity contribution is 0.156. The summed E-state index contributed by atoms with van der Waals surface area (Å²) in [5.74, 6) is 1.89. The van der Waals surface area contributed by atoms with E-state index in [1.807, 2.05) is 49.9 Å². The molecule has 1 aromatic carbocycles. The highest BCUT2D eigenvalue weighted by atomic mass is 32.2. The van der Waals surface area contributed by atoms with Crippen molar-refractivity contribution >= 4 is 11.8 Å². The molecule has 1 rings (SSSR count). The molecule has 0 aliphatic carbocycles. The zero-order valence-electron chi connectivity index (χ0n) is 10.8. The third-order valence-electron chi connectivity index (χ3n) is 2.47. The largest absolute Gasteiger partial charge is 0.491 e. The third kappa shape index (κ3) is 5.00. The van der Waals surface area contributed by atoms with E-state index in [9.17, 15) is 5.11 Å². The second-order valence-electron chi connectivity index (χ2n) is 4.36. The lowest BCUT2D eigenvalue weighted by atomic mass is 10.0. The van der Waals surface area contributed by atoms with Crippen LogP contribution in [0.2, 0.25) is 0 Å². The maximum Gasteiger partial charge on any atom is 0.125 e. The Kier molecular flexibility index (Phi) is 6.45. The Morgan fingerprint density at radius 2 is 2.00 bits per heavy atom. The maximum atomic E-state index is 10.2. The van der Waals surface area contributed by atoms with Crippen LogP contribution in [0.5, 0.6) is 5.75 Å². The predicted octanol–water partition coefficient (Wildman–Crippen LogP) is 3.65. The highest BCUT2D eigenvalue weighted by molar-refractivity contribution is 7.98. The van der Waals surface area contributed by atoms with Crippen molar-refractivity contribution in [3.8, 4) is 5.75 Å². The Hall–Kier alpha value is -0.670. The highest BCUT2D eigenvalue weighted by Gasteiger charge is 2.13. The molecule has 3 heteroatoms. The number of hydrogen-bond donors (Lipinski definition) is 1. The Labute approximate surface area is 108 Å². The van der Waals surface area contributed by atoms with Gasteiger partial charge >= 0.3 is 0 Å². The second kappa shape index (κ2) is 7.62. The minimum Gasteiger partial charge on any atom is -0.491 e. The molecule has 1 N–H and O–H groups in total. The molecule has 0 fully saturated rings. The molecule has 0 radical (unpaired) electrons. The summed E-state index contributed by atoms with van der Waals surface area (Å²) in [7, 11) is 0. The fraction of sp³-hybridized carbons (Fsp3) is 0.571. The summed E-state index contributed by atoms with van der Waals surface area (Å²) in [5, 5.41) is 10.2. The standard InChI is InChI=1S/C14H22O2S/c1-11(2)16-14-9-5-4-7-12(14)13(15)8-6-10-17-3/h4-5,7,9,11,13,15H,6,8,10H2,1-3H3. The van der Waals surface area contributed by atoms with Crippen LogP contribution in [0.3, 0.4) is 0 Å². The van der Waals surface area contributed by atoms with Gasteiger partial charge in [-0.15, -0.1) is 0 Å². The van der Waals surface area contributed by atoms with E-state index in [-0.39, 0.29) is 6.10 Å². The third-order valence-corrected chi connectivity index (χ3v) is 3.16. The van der Waals surface area contributed by atoms with E-state index in [4.69, 9.17) is 4.74 Å². The normalized spacial score (nSPS) is 12.8. The lowest BCUT2D eigenvalue weighted by Gasteiger charge is -2.17. The number of thioether (sulfide) groups is 1. The van der Waals surface area contributed by atoms with Crippen molar-refractivity contribution in [2.45, 2.75) is 38.9 Å². The number of aliphatic hydroxyl groups is 1. The number of aliphatic hydroxyl groups excluding tert-OH is 1. The minimum absolute atomic E-state index is 0.134. The number of benzene rings is 1. The molecule has 0 aliphatic rings. The van der Waals surface area contributed by atoms with Gasteiger partial charge in [0.1, 0.15) is 5.75 Å². The van der Waals surface area contributed by atoms with Crippen molar-refractivity contribution in [3.05, 3.63) is 29.8 Å². The molecule has 1 atom stereocenters. The summed E-state index contributed by atoms with van der Waals surface area (Å²) < 4.78 is 5.71. The summed E-state index contributed by atoms with van der Waals surface area (Å²) >= 11 is 1.81. The van der Waals surface area contributed by atoms with Crippen molar-refractivity contribution < 1.29 is 9.84 Å². The fourth-order valence-corrected chi connectivity index (χ4v) is 2.15. The van der Waals surface area contributed by atoms with Crippen LogP contribution in [0.1, 0.15) is 38.4 Å². The van der Waals surface area contributed by atoms with Crippen LogP contribution >= 0.6 is 11.8 Å². The van der Waals surface area contributed by atoms with E-state index < -0.39 is 6.10 Å². The van der Waals surface area contributed by atoms with Gasteiger partial charge in [0, 0.05) is 5.56 Å². The van der Waals surface area contributed by atoms with E-state index in [1.165, 1.54) is 0 Å². The molecule has 0 aromatic heterocycles. The van der Waals surface area contributed by atoms with E-state index >= 15 is 0 Å². The van der Waals surface area contributed by atoms with Crippen molar-refractivity contribution in [2.24, 2.45) is 0 Å². The monoisotopic (exact) mass is 254 g/mol. The summed E-state index contributed by atoms with van der Waals surface area (Å²) in [6.07, 6.45) is 3.62. The van der Waals surface area contributed by atoms with E-state index in [1.54, 1.807) is 0 Å². The summed E-state index contributed by atoms with van der Waals surface area (Å²) in [6.45, 7) is 3.99. The number of ether oxygens (including phenoxy) is 1. The van der Waals surface area contributed by atoms with Crippen molar-refractivity contribution in [1.29, 1.82) is 0 Å². The molecule has 96 valence electrons. The zero-order chi connectivity index (χ0) is 12.7. The molecular formula is C14H22O2S. The Balaban J connectivity index is 2.67. The van der Waals surface area contributed by atoms with Gasteiger partial charge in [-0.2, -0.15) is 11.8 Å². The number of para-hydroxylation sites is 1. The maximum absolute atomic E-state index is 10.2. The van der Waals surface area contributed by atoms with Gasteiger partial charge in [0.25, 0.3) is 0 Å².